The van der Waals surface area contributed by atoms with E-state index in [9.17, 15) is 0 Å². The van der Waals surface area contributed by atoms with Crippen LogP contribution in [0.4, 0.5) is 5.82 Å². The fourth-order valence-corrected chi connectivity index (χ4v) is 2.11. The van der Waals surface area contributed by atoms with Gasteiger partial charge in [0.15, 0.2) is 0 Å². The van der Waals surface area contributed by atoms with E-state index in [2.05, 4.69) is 54.7 Å². The molecule has 0 atom stereocenters. The van der Waals surface area contributed by atoms with Crippen LogP contribution in [0.15, 0.2) is 31.0 Å². The normalized spacial score (nSPS) is 15.3. The highest BCUT2D eigenvalue weighted by atomic mass is 15.2. The van der Waals surface area contributed by atoms with Gasteiger partial charge in [-0.25, -0.2) is 4.98 Å². The second-order valence-electron chi connectivity index (χ2n) is 6.25. The number of hydrogen-bond acceptors (Lipinski definition) is 3. The molecule has 0 spiro atoms. The molecule has 0 amide bonds. The molecule has 1 fully saturated rings. The van der Waals surface area contributed by atoms with E-state index in [-0.39, 0.29) is 5.54 Å². The van der Waals surface area contributed by atoms with Crippen LogP contribution in [0, 0.1) is 0 Å². The maximum absolute atomic E-state index is 4.52. The summed E-state index contributed by atoms with van der Waals surface area (Å²) in [5.74, 6) is 1.03. The molecule has 0 unspecified atom stereocenters. The Morgan fingerprint density at radius 3 is 2.79 bits per heavy atom. The average Bonchev–Trinajstić information content (AvgIpc) is 3.16. The summed E-state index contributed by atoms with van der Waals surface area (Å²) in [4.78, 5) is 6.80. The van der Waals surface area contributed by atoms with Crippen molar-refractivity contribution in [2.24, 2.45) is 0 Å². The Morgan fingerprint density at radius 2 is 2.21 bits per heavy atom. The quantitative estimate of drug-likeness (QED) is 0.796. The summed E-state index contributed by atoms with van der Waals surface area (Å²) < 4.78 is 0. The minimum absolute atomic E-state index is 0.0454. The molecule has 2 rings (SSSR count). The van der Waals surface area contributed by atoms with Gasteiger partial charge in [-0.15, -0.1) is 6.58 Å². The highest BCUT2D eigenvalue weighted by molar-refractivity contribution is 5.44. The number of nitrogens with one attached hydrogen (secondary N) is 1. The highest BCUT2D eigenvalue weighted by Crippen LogP contribution is 2.23. The van der Waals surface area contributed by atoms with Gasteiger partial charge < -0.3 is 10.2 Å². The molecule has 1 saturated carbocycles. The van der Waals surface area contributed by atoms with Crippen molar-refractivity contribution < 1.29 is 0 Å². The summed E-state index contributed by atoms with van der Waals surface area (Å²) in [6.45, 7) is 12.2. The van der Waals surface area contributed by atoms with Crippen LogP contribution in [0.25, 0.3) is 0 Å². The van der Waals surface area contributed by atoms with Gasteiger partial charge in [0.1, 0.15) is 5.82 Å². The van der Waals surface area contributed by atoms with Crippen LogP contribution < -0.4 is 10.2 Å². The Labute approximate surface area is 116 Å². The number of hydrogen-bond donors (Lipinski definition) is 1. The lowest BCUT2D eigenvalue weighted by Gasteiger charge is -2.36. The minimum Gasteiger partial charge on any atom is -0.348 e. The van der Waals surface area contributed by atoms with E-state index in [1.165, 1.54) is 18.4 Å². The second-order valence-corrected chi connectivity index (χ2v) is 6.25. The van der Waals surface area contributed by atoms with Crippen molar-refractivity contribution in [2.75, 3.05) is 11.4 Å². The zero-order valence-corrected chi connectivity index (χ0v) is 12.3. The van der Waals surface area contributed by atoms with Gasteiger partial charge in [-0.1, -0.05) is 6.08 Å². The van der Waals surface area contributed by atoms with Crippen LogP contribution >= 0.6 is 0 Å². The van der Waals surface area contributed by atoms with Gasteiger partial charge in [0.25, 0.3) is 0 Å². The number of nitrogens with zero attached hydrogens (tertiary/aromatic N) is 2. The Kier molecular flexibility index (Phi) is 4.25. The molecule has 3 nitrogen and oxygen atoms in total. The summed E-state index contributed by atoms with van der Waals surface area (Å²) in [6, 6.07) is 5.01. The molecule has 0 bridgehead atoms. The van der Waals surface area contributed by atoms with Crippen molar-refractivity contribution in [1.82, 2.24) is 10.3 Å². The van der Waals surface area contributed by atoms with Crippen LogP contribution in [0.3, 0.4) is 0 Å². The van der Waals surface area contributed by atoms with Crippen molar-refractivity contribution >= 4 is 5.82 Å². The summed E-state index contributed by atoms with van der Waals surface area (Å²) in [6.07, 6.45) is 6.48. The van der Waals surface area contributed by atoms with Crippen molar-refractivity contribution in [3.8, 4) is 0 Å². The Hall–Kier alpha value is -1.35. The Morgan fingerprint density at radius 1 is 1.47 bits per heavy atom. The van der Waals surface area contributed by atoms with E-state index in [4.69, 9.17) is 0 Å². The van der Waals surface area contributed by atoms with Crippen molar-refractivity contribution in [1.29, 1.82) is 0 Å². The molecule has 1 heterocycles. The van der Waals surface area contributed by atoms with Crippen LogP contribution in [0.2, 0.25) is 0 Å². The van der Waals surface area contributed by atoms with Gasteiger partial charge in [0.2, 0.25) is 0 Å². The molecule has 1 aromatic rings. The largest absolute Gasteiger partial charge is 0.348 e. The molecule has 1 aliphatic rings. The molecule has 0 aromatic carbocycles. The molecule has 1 aliphatic carbocycles. The lowest BCUT2D eigenvalue weighted by atomic mass is 10.1. The summed E-state index contributed by atoms with van der Waals surface area (Å²) in [5.41, 5.74) is 1.35. The van der Waals surface area contributed by atoms with Crippen LogP contribution in [0.5, 0.6) is 0 Å². The van der Waals surface area contributed by atoms with E-state index in [1.807, 2.05) is 12.3 Å². The minimum atomic E-state index is 0.0454. The standard InChI is InChI=1S/C16H25N3/c1-5-10-19(16(2,3)4)15-11-13(8-9-17-15)12-18-14-6-7-14/h5,8-9,11,14,18H,1,6-7,10,12H2,2-4H3. The Bertz CT molecular complexity index is 430. The van der Waals surface area contributed by atoms with E-state index in [0.29, 0.717) is 0 Å². The SMILES string of the molecule is C=CCN(c1cc(CNC2CC2)ccn1)C(C)(C)C. The third kappa shape index (κ3) is 4.06. The first kappa shape index (κ1) is 14.1. The summed E-state index contributed by atoms with van der Waals surface area (Å²) >= 11 is 0. The van der Waals surface area contributed by atoms with Gasteiger partial charge in [-0.05, 0) is 51.3 Å². The van der Waals surface area contributed by atoms with Crippen molar-refractivity contribution in [3.63, 3.8) is 0 Å². The van der Waals surface area contributed by atoms with Gasteiger partial charge in [0, 0.05) is 30.9 Å². The molecule has 104 valence electrons. The lowest BCUT2D eigenvalue weighted by molar-refractivity contribution is 0.517. The molecule has 3 heteroatoms. The van der Waals surface area contributed by atoms with Gasteiger partial charge >= 0.3 is 0 Å². The molecule has 0 saturated heterocycles. The number of rotatable bonds is 6. The van der Waals surface area contributed by atoms with Crippen LogP contribution in [-0.2, 0) is 6.54 Å². The monoisotopic (exact) mass is 259 g/mol. The number of anilines is 1. The molecule has 19 heavy (non-hydrogen) atoms. The zero-order chi connectivity index (χ0) is 13.9. The number of aromatic nitrogens is 1. The predicted octanol–water partition coefficient (Wildman–Crippen LogP) is 3.12. The van der Waals surface area contributed by atoms with E-state index < -0.39 is 0 Å². The number of pyridine rings is 1. The van der Waals surface area contributed by atoms with Crippen molar-refractivity contribution in [2.45, 2.75) is 51.7 Å². The summed E-state index contributed by atoms with van der Waals surface area (Å²) in [7, 11) is 0. The summed E-state index contributed by atoms with van der Waals surface area (Å²) in [5, 5.41) is 3.54. The molecule has 1 aromatic heterocycles. The molecular formula is C16H25N3. The third-order valence-electron chi connectivity index (χ3n) is 3.38. The lowest BCUT2D eigenvalue weighted by Crippen LogP contribution is -2.42. The first-order valence-electron chi connectivity index (χ1n) is 7.07. The van der Waals surface area contributed by atoms with Gasteiger partial charge in [-0.2, -0.15) is 0 Å². The zero-order valence-electron chi connectivity index (χ0n) is 12.3. The topological polar surface area (TPSA) is 28.2 Å². The smallest absolute Gasteiger partial charge is 0.129 e. The fourth-order valence-electron chi connectivity index (χ4n) is 2.11. The molecular weight excluding hydrogens is 234 g/mol. The van der Waals surface area contributed by atoms with E-state index in [0.717, 1.165) is 24.9 Å². The van der Waals surface area contributed by atoms with Crippen molar-refractivity contribution in [3.05, 3.63) is 36.5 Å². The maximum Gasteiger partial charge on any atom is 0.129 e. The predicted molar refractivity (Wildman–Crippen MR) is 81.4 cm³/mol. The van der Waals surface area contributed by atoms with E-state index >= 15 is 0 Å². The van der Waals surface area contributed by atoms with Crippen LogP contribution in [0.1, 0.15) is 39.2 Å². The van der Waals surface area contributed by atoms with Gasteiger partial charge in [0.05, 0.1) is 0 Å². The Balaban J connectivity index is 2.11. The average molecular weight is 259 g/mol. The molecule has 0 radical (unpaired) electrons. The molecule has 0 aliphatic heterocycles. The molecule has 1 N–H and O–H groups in total. The maximum atomic E-state index is 4.52. The third-order valence-corrected chi connectivity index (χ3v) is 3.38. The second kappa shape index (κ2) is 5.74. The fraction of sp³-hybridized carbons (Fsp3) is 0.562. The first-order chi connectivity index (χ1) is 9.00. The first-order valence-corrected chi connectivity index (χ1v) is 7.07. The van der Waals surface area contributed by atoms with E-state index in [1.54, 1.807) is 0 Å². The highest BCUT2D eigenvalue weighted by Gasteiger charge is 2.22. The van der Waals surface area contributed by atoms with Gasteiger partial charge in [-0.3, -0.25) is 0 Å². The van der Waals surface area contributed by atoms with Crippen LogP contribution in [-0.4, -0.2) is 23.1 Å².